The number of alkyl halides is 6. The summed E-state index contributed by atoms with van der Waals surface area (Å²) < 4.78 is 93.1. The molecule has 4 rings (SSSR count). The lowest BCUT2D eigenvalue weighted by atomic mass is 9.99. The number of aromatic nitrogens is 2. The van der Waals surface area contributed by atoms with Gasteiger partial charge in [-0.15, -0.1) is 0 Å². The van der Waals surface area contributed by atoms with E-state index in [1.54, 1.807) is 18.2 Å². The molecule has 0 radical (unpaired) electrons. The fourth-order valence-electron chi connectivity index (χ4n) is 3.82. The van der Waals surface area contributed by atoms with Crippen molar-refractivity contribution in [3.05, 3.63) is 82.1 Å². The molecule has 0 spiro atoms. The minimum atomic E-state index is -4.73. The smallest absolute Gasteiger partial charge is 0.417 e. The summed E-state index contributed by atoms with van der Waals surface area (Å²) in [5, 5.41) is -0.295. The van der Waals surface area contributed by atoms with Gasteiger partial charge in [-0.25, -0.2) is 4.98 Å². The van der Waals surface area contributed by atoms with Crippen molar-refractivity contribution < 1.29 is 35.8 Å². The zero-order chi connectivity index (χ0) is 25.5. The van der Waals surface area contributed by atoms with Crippen LogP contribution in [0.25, 0.3) is 16.9 Å². The number of methoxy groups -OCH3 is 2. The van der Waals surface area contributed by atoms with Crippen LogP contribution in [0.4, 0.5) is 26.3 Å². The maximum Gasteiger partial charge on any atom is 0.417 e. The maximum absolute atomic E-state index is 13.7. The Balaban J connectivity index is 2.01. The van der Waals surface area contributed by atoms with E-state index >= 15 is 0 Å². The molecule has 0 aliphatic rings. The van der Waals surface area contributed by atoms with Crippen LogP contribution in [0, 0.1) is 0 Å². The van der Waals surface area contributed by atoms with Gasteiger partial charge in [-0.3, -0.25) is 0 Å². The second-order valence-corrected chi connectivity index (χ2v) is 7.98. The monoisotopic (exact) mass is 514 g/mol. The maximum atomic E-state index is 13.7. The van der Waals surface area contributed by atoms with Gasteiger partial charge in [0.1, 0.15) is 0 Å². The van der Waals surface area contributed by atoms with Crippen LogP contribution in [-0.2, 0) is 18.8 Å². The number of ether oxygens (including phenoxy) is 2. The SMILES string of the molecule is COc1ccc(-c2nc3c(Cl)cc(C(F)(F)F)cn3c2Cc2ccccc2C(F)(F)F)cc1OC. The molecule has 0 N–H and O–H groups in total. The Bertz CT molecular complexity index is 1400. The number of hydrogen-bond donors (Lipinski definition) is 0. The predicted molar refractivity (Wildman–Crippen MR) is 118 cm³/mol. The molecule has 4 nitrogen and oxygen atoms in total. The zero-order valence-electron chi connectivity index (χ0n) is 18.3. The highest BCUT2D eigenvalue weighted by Crippen LogP contribution is 2.39. The highest BCUT2D eigenvalue weighted by molar-refractivity contribution is 6.33. The Kier molecular flexibility index (Phi) is 6.35. The van der Waals surface area contributed by atoms with Crippen LogP contribution < -0.4 is 9.47 Å². The molecular formula is C24H17ClF6N2O2. The summed E-state index contributed by atoms with van der Waals surface area (Å²) >= 11 is 6.15. The lowest BCUT2D eigenvalue weighted by Crippen LogP contribution is -2.11. The zero-order valence-corrected chi connectivity index (χ0v) is 19.0. The van der Waals surface area contributed by atoms with Gasteiger partial charge >= 0.3 is 12.4 Å². The number of benzene rings is 2. The number of rotatable bonds is 5. The second-order valence-electron chi connectivity index (χ2n) is 7.58. The average molecular weight is 515 g/mol. The van der Waals surface area contributed by atoms with Crippen LogP contribution in [0.5, 0.6) is 11.5 Å². The number of imidazole rings is 1. The first-order valence-corrected chi connectivity index (χ1v) is 10.5. The van der Waals surface area contributed by atoms with Crippen molar-refractivity contribution in [3.63, 3.8) is 0 Å². The van der Waals surface area contributed by atoms with Gasteiger partial charge in [-0.05, 0) is 35.9 Å². The van der Waals surface area contributed by atoms with Gasteiger partial charge in [0.25, 0.3) is 0 Å². The van der Waals surface area contributed by atoms with E-state index in [4.69, 9.17) is 21.1 Å². The van der Waals surface area contributed by atoms with E-state index in [0.29, 0.717) is 17.1 Å². The summed E-state index contributed by atoms with van der Waals surface area (Å²) in [7, 11) is 2.83. The third-order valence-corrected chi connectivity index (χ3v) is 5.72. The first kappa shape index (κ1) is 24.7. The molecule has 0 saturated carbocycles. The van der Waals surface area contributed by atoms with Crippen molar-refractivity contribution in [1.82, 2.24) is 9.38 Å². The van der Waals surface area contributed by atoms with E-state index < -0.39 is 23.5 Å². The Morgan fingerprint density at radius 1 is 0.886 bits per heavy atom. The number of pyridine rings is 1. The van der Waals surface area contributed by atoms with E-state index in [-0.39, 0.29) is 34.0 Å². The third-order valence-electron chi connectivity index (χ3n) is 5.44. The van der Waals surface area contributed by atoms with Gasteiger partial charge in [0.15, 0.2) is 17.1 Å². The Labute approximate surface area is 200 Å². The van der Waals surface area contributed by atoms with E-state index in [9.17, 15) is 26.3 Å². The molecule has 0 amide bonds. The highest BCUT2D eigenvalue weighted by Gasteiger charge is 2.35. The molecule has 0 aliphatic carbocycles. The van der Waals surface area contributed by atoms with Gasteiger partial charge in [0.05, 0.1) is 41.8 Å². The number of nitrogens with zero attached hydrogens (tertiary/aromatic N) is 2. The summed E-state index contributed by atoms with van der Waals surface area (Å²) in [4.78, 5) is 4.41. The summed E-state index contributed by atoms with van der Waals surface area (Å²) in [6, 6.07) is 10.3. The molecule has 2 heterocycles. The Morgan fingerprint density at radius 3 is 2.20 bits per heavy atom. The fraction of sp³-hybridized carbons (Fsp3) is 0.208. The van der Waals surface area contributed by atoms with E-state index in [1.807, 2.05) is 0 Å². The van der Waals surface area contributed by atoms with Crippen molar-refractivity contribution in [1.29, 1.82) is 0 Å². The molecule has 0 saturated heterocycles. The minimum absolute atomic E-state index is 0.0241. The van der Waals surface area contributed by atoms with Crippen LogP contribution in [-0.4, -0.2) is 23.6 Å². The molecule has 2 aromatic heterocycles. The summed E-state index contributed by atoms with van der Waals surface area (Å²) in [5.41, 5.74) is -1.46. The number of hydrogen-bond acceptors (Lipinski definition) is 3. The molecule has 0 bridgehead atoms. The highest BCUT2D eigenvalue weighted by atomic mass is 35.5. The van der Waals surface area contributed by atoms with Crippen LogP contribution >= 0.6 is 11.6 Å². The molecular weight excluding hydrogens is 498 g/mol. The molecule has 11 heteroatoms. The van der Waals surface area contributed by atoms with Crippen molar-refractivity contribution in [2.75, 3.05) is 14.2 Å². The van der Waals surface area contributed by atoms with Gasteiger partial charge < -0.3 is 13.9 Å². The van der Waals surface area contributed by atoms with Crippen molar-refractivity contribution >= 4 is 17.2 Å². The van der Waals surface area contributed by atoms with Gasteiger partial charge in [0, 0.05) is 18.2 Å². The summed E-state index contributed by atoms with van der Waals surface area (Å²) in [6.07, 6.45) is -8.97. The molecule has 0 unspecified atom stereocenters. The van der Waals surface area contributed by atoms with Crippen LogP contribution in [0.1, 0.15) is 22.4 Å². The lowest BCUT2D eigenvalue weighted by Gasteiger charge is -2.15. The van der Waals surface area contributed by atoms with Gasteiger partial charge in [0.2, 0.25) is 0 Å². The molecule has 0 atom stereocenters. The van der Waals surface area contributed by atoms with E-state index in [2.05, 4.69) is 4.98 Å². The quantitative estimate of drug-likeness (QED) is 0.262. The predicted octanol–water partition coefficient (Wildman–Crippen LogP) is 7.30. The summed E-state index contributed by atoms with van der Waals surface area (Å²) in [6.45, 7) is 0. The molecule has 0 aliphatic heterocycles. The number of fused-ring (bicyclic) bond motifs is 1. The van der Waals surface area contributed by atoms with Crippen LogP contribution in [0.3, 0.4) is 0 Å². The molecule has 4 aromatic rings. The normalized spacial score (nSPS) is 12.3. The topological polar surface area (TPSA) is 35.8 Å². The van der Waals surface area contributed by atoms with Crippen LogP contribution in [0.15, 0.2) is 54.7 Å². The first-order chi connectivity index (χ1) is 16.4. The first-order valence-electron chi connectivity index (χ1n) is 10.1. The van der Waals surface area contributed by atoms with Gasteiger partial charge in [-0.1, -0.05) is 29.8 Å². The van der Waals surface area contributed by atoms with E-state index in [0.717, 1.165) is 22.7 Å². The standard InChI is InChI=1S/C24H17ClF6N2O2/c1-34-19-8-7-14(10-20(19)35-2)21-18(9-13-5-3-4-6-16(13)24(29,30)31)33-12-15(23(26,27)28)11-17(25)22(33)32-21/h3-8,10-12H,9H2,1-2H3. The van der Waals surface area contributed by atoms with Crippen molar-refractivity contribution in [3.8, 4) is 22.8 Å². The Morgan fingerprint density at radius 2 is 1.57 bits per heavy atom. The fourth-order valence-corrected chi connectivity index (χ4v) is 4.07. The third kappa shape index (κ3) is 4.75. The number of halogens is 7. The molecule has 0 fully saturated rings. The Hall–Kier alpha value is -3.40. The molecule has 184 valence electrons. The minimum Gasteiger partial charge on any atom is -0.493 e. The molecule has 35 heavy (non-hydrogen) atoms. The second kappa shape index (κ2) is 8.99. The average Bonchev–Trinajstić information content (AvgIpc) is 3.16. The van der Waals surface area contributed by atoms with Gasteiger partial charge in [-0.2, -0.15) is 26.3 Å². The van der Waals surface area contributed by atoms with Crippen molar-refractivity contribution in [2.45, 2.75) is 18.8 Å². The molecule has 2 aromatic carbocycles. The van der Waals surface area contributed by atoms with Crippen molar-refractivity contribution in [2.24, 2.45) is 0 Å². The summed E-state index contributed by atoms with van der Waals surface area (Å²) in [5.74, 6) is 0.701. The van der Waals surface area contributed by atoms with E-state index in [1.165, 1.54) is 32.4 Å². The van der Waals surface area contributed by atoms with Crippen LogP contribution in [0.2, 0.25) is 5.02 Å². The lowest BCUT2D eigenvalue weighted by molar-refractivity contribution is -0.138. The largest absolute Gasteiger partial charge is 0.493 e.